The number of piperazine rings is 1. The van der Waals surface area contributed by atoms with Gasteiger partial charge >= 0.3 is 0 Å². The molecule has 0 radical (unpaired) electrons. The van der Waals surface area contributed by atoms with Crippen LogP contribution in [0.3, 0.4) is 0 Å². The number of amides is 1. The SMILES string of the molecule is O=C([C@@H]1Cc2cc(Cl)ccc2O1)N1CCN(c2cnn(-c3ccccc3)c(=O)c2Cl)CC1. The van der Waals surface area contributed by atoms with Gasteiger partial charge in [-0.15, -0.1) is 0 Å². The van der Waals surface area contributed by atoms with Crippen molar-refractivity contribution in [2.75, 3.05) is 31.1 Å². The molecular weight excluding hydrogens is 451 g/mol. The zero-order valence-electron chi connectivity index (χ0n) is 17.1. The van der Waals surface area contributed by atoms with E-state index in [0.29, 0.717) is 54.7 Å². The number of carbonyl (C=O) groups is 1. The number of hydrogen-bond donors (Lipinski definition) is 0. The minimum absolute atomic E-state index is 0.0410. The molecule has 3 aromatic rings. The summed E-state index contributed by atoms with van der Waals surface area (Å²) in [5.41, 5.74) is 1.81. The molecule has 2 aromatic carbocycles. The Labute approximate surface area is 194 Å². The second-order valence-corrected chi connectivity index (χ2v) is 8.59. The fourth-order valence-electron chi connectivity index (χ4n) is 4.12. The van der Waals surface area contributed by atoms with E-state index in [4.69, 9.17) is 27.9 Å². The van der Waals surface area contributed by atoms with Crippen LogP contribution in [0.5, 0.6) is 5.75 Å². The Balaban J connectivity index is 1.26. The maximum Gasteiger partial charge on any atom is 0.292 e. The third kappa shape index (κ3) is 3.82. The molecule has 2 aliphatic rings. The minimum atomic E-state index is -0.532. The lowest BCUT2D eigenvalue weighted by Gasteiger charge is -2.37. The molecule has 1 fully saturated rings. The maximum absolute atomic E-state index is 13.0. The molecule has 1 atom stereocenters. The Bertz CT molecular complexity index is 1220. The fraction of sp³-hybridized carbons (Fsp3) is 0.261. The van der Waals surface area contributed by atoms with Crippen molar-refractivity contribution in [2.45, 2.75) is 12.5 Å². The van der Waals surface area contributed by atoms with Crippen molar-refractivity contribution in [3.63, 3.8) is 0 Å². The molecule has 0 bridgehead atoms. The first kappa shape index (κ1) is 20.8. The average Bonchev–Trinajstić information content (AvgIpc) is 3.24. The van der Waals surface area contributed by atoms with Crippen molar-refractivity contribution in [1.29, 1.82) is 0 Å². The number of nitrogens with zero attached hydrogens (tertiary/aromatic N) is 4. The van der Waals surface area contributed by atoms with Gasteiger partial charge in [0.05, 0.1) is 17.6 Å². The zero-order valence-corrected chi connectivity index (χ0v) is 18.6. The molecule has 0 unspecified atom stereocenters. The molecule has 7 nitrogen and oxygen atoms in total. The van der Waals surface area contributed by atoms with Crippen molar-refractivity contribution >= 4 is 34.8 Å². The van der Waals surface area contributed by atoms with Crippen LogP contribution in [0.2, 0.25) is 10.0 Å². The molecule has 1 aromatic heterocycles. The highest BCUT2D eigenvalue weighted by Crippen LogP contribution is 2.32. The Hall–Kier alpha value is -3.03. The summed E-state index contributed by atoms with van der Waals surface area (Å²) < 4.78 is 7.12. The summed E-state index contributed by atoms with van der Waals surface area (Å²) in [6.07, 6.45) is 1.59. The largest absolute Gasteiger partial charge is 0.480 e. The first-order valence-electron chi connectivity index (χ1n) is 10.3. The number of fused-ring (bicyclic) bond motifs is 1. The number of ether oxygens (including phenoxy) is 1. The van der Waals surface area contributed by atoms with E-state index >= 15 is 0 Å². The lowest BCUT2D eigenvalue weighted by molar-refractivity contribution is -0.138. The summed E-state index contributed by atoms with van der Waals surface area (Å²) in [6.45, 7) is 2.11. The van der Waals surface area contributed by atoms with Gasteiger partial charge in [0.25, 0.3) is 11.5 Å². The highest BCUT2D eigenvalue weighted by atomic mass is 35.5. The van der Waals surface area contributed by atoms with Crippen LogP contribution in [0.15, 0.2) is 59.5 Å². The topological polar surface area (TPSA) is 67.7 Å². The van der Waals surface area contributed by atoms with Gasteiger partial charge in [0.1, 0.15) is 10.8 Å². The van der Waals surface area contributed by atoms with Crippen LogP contribution in [0.4, 0.5) is 5.69 Å². The summed E-state index contributed by atoms with van der Waals surface area (Å²) in [5.74, 6) is 0.670. The number of rotatable bonds is 3. The quantitative estimate of drug-likeness (QED) is 0.587. The summed E-state index contributed by atoms with van der Waals surface area (Å²) in [7, 11) is 0. The van der Waals surface area contributed by atoms with Crippen LogP contribution in [0.1, 0.15) is 5.56 Å². The van der Waals surface area contributed by atoms with Gasteiger partial charge in [0, 0.05) is 37.6 Å². The molecule has 164 valence electrons. The molecule has 0 aliphatic carbocycles. The summed E-state index contributed by atoms with van der Waals surface area (Å²) in [5, 5.41) is 5.05. The molecule has 1 amide bonds. The van der Waals surface area contributed by atoms with Crippen LogP contribution < -0.4 is 15.2 Å². The van der Waals surface area contributed by atoms with Crippen LogP contribution in [0.25, 0.3) is 5.69 Å². The molecule has 1 saturated heterocycles. The van der Waals surface area contributed by atoms with Crippen LogP contribution in [-0.4, -0.2) is 52.9 Å². The minimum Gasteiger partial charge on any atom is -0.480 e. The van der Waals surface area contributed by atoms with Gasteiger partial charge in [-0.3, -0.25) is 9.59 Å². The first-order valence-corrected chi connectivity index (χ1v) is 11.1. The second-order valence-electron chi connectivity index (χ2n) is 7.77. The van der Waals surface area contributed by atoms with Gasteiger partial charge in [-0.05, 0) is 35.9 Å². The van der Waals surface area contributed by atoms with Crippen LogP contribution in [0, 0.1) is 0 Å². The molecular formula is C23H20Cl2N4O3. The first-order chi connectivity index (χ1) is 15.5. The Morgan fingerprint density at radius 2 is 1.78 bits per heavy atom. The number of aromatic nitrogens is 2. The molecule has 0 spiro atoms. The van der Waals surface area contributed by atoms with Crippen molar-refractivity contribution < 1.29 is 9.53 Å². The second kappa shape index (κ2) is 8.48. The number of carbonyl (C=O) groups excluding carboxylic acids is 1. The van der Waals surface area contributed by atoms with E-state index in [-0.39, 0.29) is 16.5 Å². The van der Waals surface area contributed by atoms with E-state index in [1.807, 2.05) is 29.2 Å². The normalized spacial score (nSPS) is 17.8. The van der Waals surface area contributed by atoms with Crippen molar-refractivity contribution in [1.82, 2.24) is 14.7 Å². The smallest absolute Gasteiger partial charge is 0.292 e. The molecule has 0 saturated carbocycles. The van der Waals surface area contributed by atoms with Crippen LogP contribution in [-0.2, 0) is 11.2 Å². The molecule has 2 aliphatic heterocycles. The highest BCUT2D eigenvalue weighted by molar-refractivity contribution is 6.33. The number of hydrogen-bond acceptors (Lipinski definition) is 5. The van der Waals surface area contributed by atoms with E-state index in [9.17, 15) is 9.59 Å². The molecule has 9 heteroatoms. The lowest BCUT2D eigenvalue weighted by atomic mass is 10.1. The molecule has 0 N–H and O–H groups in total. The lowest BCUT2D eigenvalue weighted by Crippen LogP contribution is -2.52. The Kier molecular flexibility index (Phi) is 5.53. The fourth-order valence-corrected chi connectivity index (χ4v) is 4.57. The van der Waals surface area contributed by atoms with Crippen molar-refractivity contribution in [3.05, 3.63) is 80.7 Å². The summed E-state index contributed by atoms with van der Waals surface area (Å²) in [4.78, 5) is 29.5. The van der Waals surface area contributed by atoms with Gasteiger partial charge in [-0.1, -0.05) is 41.4 Å². The predicted molar refractivity (Wildman–Crippen MR) is 123 cm³/mol. The van der Waals surface area contributed by atoms with Gasteiger partial charge in [0.2, 0.25) is 0 Å². The van der Waals surface area contributed by atoms with Gasteiger partial charge in [-0.2, -0.15) is 9.78 Å². The molecule has 3 heterocycles. The van der Waals surface area contributed by atoms with E-state index in [1.54, 1.807) is 35.4 Å². The van der Waals surface area contributed by atoms with E-state index < -0.39 is 6.10 Å². The summed E-state index contributed by atoms with van der Waals surface area (Å²) in [6, 6.07) is 14.5. The third-order valence-electron chi connectivity index (χ3n) is 5.81. The van der Waals surface area contributed by atoms with E-state index in [0.717, 1.165) is 5.56 Å². The van der Waals surface area contributed by atoms with E-state index in [1.165, 1.54) is 4.68 Å². The standard InChI is InChI=1S/C23H20Cl2N4O3/c24-16-6-7-19-15(12-16)13-20(32-19)22(30)28-10-8-27(9-11-28)18-14-26-29(23(31)21(18)25)17-4-2-1-3-5-17/h1-7,12,14,20H,8-11,13H2/t20-/m0/s1. The zero-order chi connectivity index (χ0) is 22.2. The molecule has 32 heavy (non-hydrogen) atoms. The third-order valence-corrected chi connectivity index (χ3v) is 6.40. The number of anilines is 1. The van der Waals surface area contributed by atoms with Crippen molar-refractivity contribution in [2.24, 2.45) is 0 Å². The Morgan fingerprint density at radius 1 is 1.03 bits per heavy atom. The van der Waals surface area contributed by atoms with Crippen molar-refractivity contribution in [3.8, 4) is 11.4 Å². The predicted octanol–water partition coefficient (Wildman–Crippen LogP) is 3.19. The highest BCUT2D eigenvalue weighted by Gasteiger charge is 2.34. The maximum atomic E-state index is 13.0. The number of halogens is 2. The summed E-state index contributed by atoms with van der Waals surface area (Å²) >= 11 is 12.5. The van der Waals surface area contributed by atoms with Crippen LogP contribution >= 0.6 is 23.2 Å². The van der Waals surface area contributed by atoms with Gasteiger partial charge < -0.3 is 14.5 Å². The molecule has 5 rings (SSSR count). The van der Waals surface area contributed by atoms with E-state index in [2.05, 4.69) is 5.10 Å². The van der Waals surface area contributed by atoms with Gasteiger partial charge in [0.15, 0.2) is 6.10 Å². The average molecular weight is 471 g/mol. The van der Waals surface area contributed by atoms with Gasteiger partial charge in [-0.25, -0.2) is 0 Å². The number of para-hydroxylation sites is 1. The monoisotopic (exact) mass is 470 g/mol. The Morgan fingerprint density at radius 3 is 2.53 bits per heavy atom. The number of benzene rings is 2.